The van der Waals surface area contributed by atoms with Crippen LogP contribution >= 0.6 is 0 Å². The molecule has 7 nitrogen and oxygen atoms in total. The molecule has 0 aromatic heterocycles. The van der Waals surface area contributed by atoms with Gasteiger partial charge < -0.3 is 21.1 Å². The number of para-hydroxylation sites is 1. The van der Waals surface area contributed by atoms with E-state index in [2.05, 4.69) is 10.6 Å². The van der Waals surface area contributed by atoms with Crippen molar-refractivity contribution in [2.75, 3.05) is 0 Å². The lowest BCUT2D eigenvalue weighted by Gasteiger charge is -2.20. The van der Waals surface area contributed by atoms with Crippen LogP contribution in [0.3, 0.4) is 0 Å². The van der Waals surface area contributed by atoms with E-state index in [9.17, 15) is 14.4 Å². The fourth-order valence-electron chi connectivity index (χ4n) is 2.32. The van der Waals surface area contributed by atoms with Crippen LogP contribution in [0, 0.1) is 0 Å². The molecule has 0 aliphatic heterocycles. The molecule has 0 heterocycles. The molecule has 0 aliphatic rings. The van der Waals surface area contributed by atoms with Crippen LogP contribution in [0.1, 0.15) is 24.9 Å². The molecule has 0 aliphatic carbocycles. The van der Waals surface area contributed by atoms with Gasteiger partial charge in [-0.3, -0.25) is 9.59 Å². The van der Waals surface area contributed by atoms with Crippen molar-refractivity contribution in [1.82, 2.24) is 10.6 Å². The van der Waals surface area contributed by atoms with Crippen molar-refractivity contribution >= 4 is 17.9 Å². The molecule has 2 aromatic rings. The quantitative estimate of drug-likeness (QED) is 0.704. The van der Waals surface area contributed by atoms with Gasteiger partial charge in [-0.25, -0.2) is 4.79 Å². The molecule has 3 amide bonds. The Morgan fingerprint density at radius 3 is 2.12 bits per heavy atom. The summed E-state index contributed by atoms with van der Waals surface area (Å²) in [4.78, 5) is 35.7. The van der Waals surface area contributed by atoms with Crippen LogP contribution in [0.4, 0.5) is 4.79 Å². The first kappa shape index (κ1) is 19.0. The van der Waals surface area contributed by atoms with Gasteiger partial charge in [-0.1, -0.05) is 48.5 Å². The minimum atomic E-state index is -1.13. The molecule has 0 radical (unpaired) electrons. The molecule has 7 heteroatoms. The predicted molar refractivity (Wildman–Crippen MR) is 96.2 cm³/mol. The Hall–Kier alpha value is -3.35. The second-order valence-electron chi connectivity index (χ2n) is 5.71. The van der Waals surface area contributed by atoms with Crippen molar-refractivity contribution in [3.8, 4) is 5.75 Å². The average Bonchev–Trinajstić information content (AvgIpc) is 2.62. The zero-order chi connectivity index (χ0) is 18.9. The maximum Gasteiger partial charge on any atom is 0.413 e. The number of benzene rings is 2. The van der Waals surface area contributed by atoms with Crippen LogP contribution in [-0.4, -0.2) is 23.9 Å². The number of nitrogens with two attached hydrogens (primary N) is 1. The fourth-order valence-corrected chi connectivity index (χ4v) is 2.32. The number of rotatable bonds is 7. The number of ether oxygens (including phenoxy) is 1. The zero-order valence-electron chi connectivity index (χ0n) is 14.3. The molecule has 136 valence electrons. The molecule has 2 aromatic carbocycles. The van der Waals surface area contributed by atoms with Crippen molar-refractivity contribution in [3.63, 3.8) is 0 Å². The molecule has 2 atom stereocenters. The Balaban J connectivity index is 2.00. The third-order valence-corrected chi connectivity index (χ3v) is 3.63. The largest absolute Gasteiger partial charge is 0.413 e. The van der Waals surface area contributed by atoms with E-state index >= 15 is 0 Å². The molecule has 0 bridgehead atoms. The Morgan fingerprint density at radius 1 is 0.962 bits per heavy atom. The summed E-state index contributed by atoms with van der Waals surface area (Å²) in [6.07, 6.45) is -1.18. The first-order valence-electron chi connectivity index (χ1n) is 8.12. The maximum absolute atomic E-state index is 12.5. The number of carbonyl (C=O) groups excluding carboxylic acids is 3. The number of amides is 3. The summed E-state index contributed by atoms with van der Waals surface area (Å²) in [6.45, 7) is 1.80. The topological polar surface area (TPSA) is 111 Å². The van der Waals surface area contributed by atoms with Crippen molar-refractivity contribution < 1.29 is 19.1 Å². The van der Waals surface area contributed by atoms with E-state index in [0.717, 1.165) is 5.56 Å². The van der Waals surface area contributed by atoms with Crippen LogP contribution < -0.4 is 21.1 Å². The predicted octanol–water partition coefficient (Wildman–Crippen LogP) is 1.90. The summed E-state index contributed by atoms with van der Waals surface area (Å²) < 4.78 is 5.08. The molecule has 4 N–H and O–H groups in total. The SMILES string of the molecule is C[C@@H](NC(=O)[C@@H](CC(N)=O)NC(=O)Oc1ccccc1)c1ccccc1. The first-order chi connectivity index (χ1) is 12.5. The van der Waals surface area contributed by atoms with Crippen LogP contribution in [0.2, 0.25) is 0 Å². The van der Waals surface area contributed by atoms with Crippen molar-refractivity contribution in [2.45, 2.75) is 25.4 Å². The highest BCUT2D eigenvalue weighted by atomic mass is 16.6. The standard InChI is InChI=1S/C19H21N3O4/c1-13(14-8-4-2-5-9-14)21-18(24)16(12-17(20)23)22-19(25)26-15-10-6-3-7-11-15/h2-11,13,16H,12H2,1H3,(H2,20,23)(H,21,24)(H,22,25)/t13-,16-/m1/s1. The molecule has 0 fully saturated rings. The number of carbonyl (C=O) groups is 3. The second-order valence-corrected chi connectivity index (χ2v) is 5.71. The van der Waals surface area contributed by atoms with Gasteiger partial charge in [0.1, 0.15) is 11.8 Å². The van der Waals surface area contributed by atoms with Crippen LogP contribution in [0.25, 0.3) is 0 Å². The third-order valence-electron chi connectivity index (χ3n) is 3.63. The minimum Gasteiger partial charge on any atom is -0.410 e. The van der Waals surface area contributed by atoms with Gasteiger partial charge in [-0.15, -0.1) is 0 Å². The molecular weight excluding hydrogens is 334 g/mol. The summed E-state index contributed by atoms with van der Waals surface area (Å²) in [6, 6.07) is 16.3. The van der Waals surface area contributed by atoms with Gasteiger partial charge in [0.15, 0.2) is 0 Å². The van der Waals surface area contributed by atoms with Gasteiger partial charge in [-0.2, -0.15) is 0 Å². The van der Waals surface area contributed by atoms with Gasteiger partial charge in [0.2, 0.25) is 11.8 Å². The smallest absolute Gasteiger partial charge is 0.410 e. The summed E-state index contributed by atoms with van der Waals surface area (Å²) in [7, 11) is 0. The summed E-state index contributed by atoms with van der Waals surface area (Å²) in [5, 5.41) is 5.13. The van der Waals surface area contributed by atoms with Crippen LogP contribution in [0.15, 0.2) is 60.7 Å². The molecule has 0 saturated carbocycles. The Kier molecular flexibility index (Phi) is 6.73. The van der Waals surface area contributed by atoms with Gasteiger partial charge in [0.05, 0.1) is 12.5 Å². The Labute approximate surface area is 151 Å². The summed E-state index contributed by atoms with van der Waals surface area (Å²) in [5.41, 5.74) is 6.08. The number of hydrogen-bond donors (Lipinski definition) is 3. The number of hydrogen-bond acceptors (Lipinski definition) is 4. The number of nitrogens with one attached hydrogen (secondary N) is 2. The van der Waals surface area contributed by atoms with E-state index in [1.165, 1.54) is 0 Å². The second kappa shape index (κ2) is 9.22. The molecule has 0 unspecified atom stereocenters. The van der Waals surface area contributed by atoms with Crippen molar-refractivity contribution in [1.29, 1.82) is 0 Å². The highest BCUT2D eigenvalue weighted by Gasteiger charge is 2.25. The van der Waals surface area contributed by atoms with Crippen molar-refractivity contribution in [3.05, 3.63) is 66.2 Å². The fraction of sp³-hybridized carbons (Fsp3) is 0.211. The highest BCUT2D eigenvalue weighted by molar-refractivity contribution is 5.90. The van der Waals surface area contributed by atoms with Gasteiger partial charge >= 0.3 is 6.09 Å². The molecule has 0 spiro atoms. The Bertz CT molecular complexity index is 750. The van der Waals surface area contributed by atoms with E-state index < -0.39 is 23.9 Å². The maximum atomic E-state index is 12.5. The lowest BCUT2D eigenvalue weighted by Crippen LogP contribution is -2.49. The molecular formula is C19H21N3O4. The van der Waals surface area contributed by atoms with E-state index in [4.69, 9.17) is 10.5 Å². The monoisotopic (exact) mass is 355 g/mol. The highest BCUT2D eigenvalue weighted by Crippen LogP contribution is 2.12. The van der Waals surface area contributed by atoms with Crippen LogP contribution in [-0.2, 0) is 9.59 Å². The lowest BCUT2D eigenvalue weighted by atomic mass is 10.1. The first-order valence-corrected chi connectivity index (χ1v) is 8.12. The summed E-state index contributed by atoms with van der Waals surface area (Å²) >= 11 is 0. The molecule has 2 rings (SSSR count). The van der Waals surface area contributed by atoms with Gasteiger partial charge in [-0.05, 0) is 24.6 Å². The normalized spacial score (nSPS) is 12.5. The average molecular weight is 355 g/mol. The zero-order valence-corrected chi connectivity index (χ0v) is 14.3. The molecule has 0 saturated heterocycles. The Morgan fingerprint density at radius 2 is 1.54 bits per heavy atom. The minimum absolute atomic E-state index is 0.300. The van der Waals surface area contributed by atoms with E-state index in [1.807, 2.05) is 30.3 Å². The van der Waals surface area contributed by atoms with Crippen molar-refractivity contribution in [2.24, 2.45) is 5.73 Å². The third kappa shape index (κ3) is 5.94. The van der Waals surface area contributed by atoms with Gasteiger partial charge in [0.25, 0.3) is 0 Å². The molecule has 26 heavy (non-hydrogen) atoms. The van der Waals surface area contributed by atoms with E-state index in [-0.39, 0.29) is 12.5 Å². The van der Waals surface area contributed by atoms with Gasteiger partial charge in [0, 0.05) is 0 Å². The van der Waals surface area contributed by atoms with Crippen LogP contribution in [0.5, 0.6) is 5.75 Å². The van der Waals surface area contributed by atoms with E-state index in [1.54, 1.807) is 37.3 Å². The lowest BCUT2D eigenvalue weighted by molar-refractivity contribution is -0.127. The summed E-state index contributed by atoms with van der Waals surface area (Å²) in [5.74, 6) is -0.913. The van der Waals surface area contributed by atoms with E-state index in [0.29, 0.717) is 5.75 Å². The number of primary amides is 1.